The molecule has 1 rings (SSSR count). The van der Waals surface area contributed by atoms with Gasteiger partial charge in [-0.2, -0.15) is 11.8 Å². The van der Waals surface area contributed by atoms with Gasteiger partial charge in [-0.15, -0.1) is 0 Å². The number of carbonyl (C=O) groups is 2. The predicted molar refractivity (Wildman–Crippen MR) is 96.3 cm³/mol. The molecule has 0 aliphatic carbocycles. The van der Waals surface area contributed by atoms with Gasteiger partial charge in [0.2, 0.25) is 0 Å². The Bertz CT molecular complexity index is 508. The van der Waals surface area contributed by atoms with Crippen molar-refractivity contribution in [3.8, 4) is 0 Å². The molecule has 2 atom stereocenters. The first-order valence-electron chi connectivity index (χ1n) is 8.23. The minimum absolute atomic E-state index is 0.0273. The smallest absolute Gasteiger partial charge is 0.331 e. The van der Waals surface area contributed by atoms with Crippen LogP contribution in [-0.4, -0.2) is 55.8 Å². The van der Waals surface area contributed by atoms with E-state index in [0.717, 1.165) is 5.56 Å². The Kier molecular flexibility index (Phi) is 10.9. The highest BCUT2D eigenvalue weighted by Gasteiger charge is 2.22. The van der Waals surface area contributed by atoms with Crippen LogP contribution in [0.2, 0.25) is 0 Å². The van der Waals surface area contributed by atoms with Gasteiger partial charge in [0, 0.05) is 6.42 Å². The molecule has 1 aromatic carbocycles. The topological polar surface area (TPSA) is 82.1 Å². The van der Waals surface area contributed by atoms with E-state index < -0.39 is 12.1 Å². The van der Waals surface area contributed by atoms with Crippen molar-refractivity contribution < 1.29 is 28.9 Å². The van der Waals surface area contributed by atoms with Crippen molar-refractivity contribution in [2.75, 3.05) is 32.7 Å². The van der Waals surface area contributed by atoms with E-state index in [4.69, 9.17) is 9.47 Å². The van der Waals surface area contributed by atoms with Crippen LogP contribution in [-0.2, 0) is 23.8 Å². The summed E-state index contributed by atoms with van der Waals surface area (Å²) in [6.07, 6.45) is 0.250. The van der Waals surface area contributed by atoms with Crippen molar-refractivity contribution in [2.45, 2.75) is 31.1 Å². The molecule has 0 spiro atoms. The van der Waals surface area contributed by atoms with Crippen molar-refractivity contribution in [3.05, 3.63) is 35.9 Å². The lowest BCUT2D eigenvalue weighted by molar-refractivity contribution is -0.147. The van der Waals surface area contributed by atoms with Crippen LogP contribution in [0.15, 0.2) is 30.3 Å². The average Bonchev–Trinajstić information content (AvgIpc) is 2.62. The fourth-order valence-corrected chi connectivity index (χ4v) is 3.36. The summed E-state index contributed by atoms with van der Waals surface area (Å²) in [7, 11) is 1.29. The number of aliphatic hydroxyl groups is 1. The van der Waals surface area contributed by atoms with E-state index in [2.05, 4.69) is 4.74 Å². The van der Waals surface area contributed by atoms with Gasteiger partial charge >= 0.3 is 11.9 Å². The lowest BCUT2D eigenvalue weighted by Crippen LogP contribution is -2.24. The highest BCUT2D eigenvalue weighted by atomic mass is 32.2. The van der Waals surface area contributed by atoms with Gasteiger partial charge in [-0.1, -0.05) is 30.3 Å². The first-order chi connectivity index (χ1) is 12.1. The fraction of sp³-hybridized carbons (Fsp3) is 0.556. The van der Waals surface area contributed by atoms with E-state index in [0.29, 0.717) is 25.2 Å². The molecular formula is C18H26O6S. The number of methoxy groups -OCH3 is 1. The molecule has 0 heterocycles. The van der Waals surface area contributed by atoms with Gasteiger partial charge in [-0.05, 0) is 24.7 Å². The standard InChI is InChI=1S/C18H26O6S/c1-3-24-16(20)10-7-11-25-18(14-8-5-4-6-9-14)15(19)12-23-13-17(21)22-2/h4-6,8-9,15,18-19H,3,7,10-13H2,1-2H3. The zero-order chi connectivity index (χ0) is 18.5. The summed E-state index contributed by atoms with van der Waals surface area (Å²) in [5.74, 6) is 0.0127. The van der Waals surface area contributed by atoms with E-state index in [1.165, 1.54) is 7.11 Å². The maximum absolute atomic E-state index is 11.4. The largest absolute Gasteiger partial charge is 0.467 e. The summed E-state index contributed by atoms with van der Waals surface area (Å²) < 4.78 is 14.6. The van der Waals surface area contributed by atoms with Crippen LogP contribution >= 0.6 is 11.8 Å². The van der Waals surface area contributed by atoms with Crippen molar-refractivity contribution in [1.29, 1.82) is 0 Å². The maximum Gasteiger partial charge on any atom is 0.331 e. The fourth-order valence-electron chi connectivity index (χ4n) is 2.14. The van der Waals surface area contributed by atoms with Gasteiger partial charge in [-0.3, -0.25) is 4.79 Å². The summed E-state index contributed by atoms with van der Waals surface area (Å²) in [5.41, 5.74) is 0.970. The normalized spacial score (nSPS) is 13.1. The van der Waals surface area contributed by atoms with Gasteiger partial charge in [0.1, 0.15) is 6.61 Å². The number of esters is 2. The van der Waals surface area contributed by atoms with E-state index in [9.17, 15) is 14.7 Å². The molecule has 0 saturated carbocycles. The number of hydrogen-bond donors (Lipinski definition) is 1. The van der Waals surface area contributed by atoms with E-state index >= 15 is 0 Å². The number of rotatable bonds is 12. The van der Waals surface area contributed by atoms with Gasteiger partial charge in [-0.25, -0.2) is 4.79 Å². The molecular weight excluding hydrogens is 344 g/mol. The summed E-state index contributed by atoms with van der Waals surface area (Å²) in [6, 6.07) is 9.60. The Morgan fingerprint density at radius 2 is 1.92 bits per heavy atom. The molecule has 140 valence electrons. The van der Waals surface area contributed by atoms with Gasteiger partial charge < -0.3 is 19.3 Å². The first kappa shape index (κ1) is 21.5. The maximum atomic E-state index is 11.4. The second-order valence-electron chi connectivity index (χ2n) is 5.27. The number of aliphatic hydroxyl groups excluding tert-OH is 1. The molecule has 25 heavy (non-hydrogen) atoms. The molecule has 6 nitrogen and oxygen atoms in total. The number of ether oxygens (including phenoxy) is 3. The molecule has 7 heteroatoms. The molecule has 0 aromatic heterocycles. The van der Waals surface area contributed by atoms with Crippen LogP contribution in [0.3, 0.4) is 0 Å². The Hall–Kier alpha value is -1.57. The average molecular weight is 370 g/mol. The van der Waals surface area contributed by atoms with E-state index in [1.807, 2.05) is 30.3 Å². The third-order valence-corrected chi connectivity index (χ3v) is 4.81. The van der Waals surface area contributed by atoms with Crippen molar-refractivity contribution in [2.24, 2.45) is 0 Å². The Balaban J connectivity index is 2.52. The molecule has 0 aliphatic rings. The molecule has 0 saturated heterocycles. The number of benzene rings is 1. The Labute approximate surface area is 152 Å². The quantitative estimate of drug-likeness (QED) is 0.447. The lowest BCUT2D eigenvalue weighted by Gasteiger charge is -2.23. The van der Waals surface area contributed by atoms with Crippen LogP contribution in [0, 0.1) is 0 Å². The van der Waals surface area contributed by atoms with Crippen LogP contribution in [0.4, 0.5) is 0 Å². The highest BCUT2D eigenvalue weighted by Crippen LogP contribution is 2.33. The lowest BCUT2D eigenvalue weighted by atomic mass is 10.1. The monoisotopic (exact) mass is 370 g/mol. The predicted octanol–water partition coefficient (Wildman–Crippen LogP) is 2.35. The second kappa shape index (κ2) is 12.7. The molecule has 1 aromatic rings. The third-order valence-electron chi connectivity index (χ3n) is 3.34. The Morgan fingerprint density at radius 3 is 2.56 bits per heavy atom. The van der Waals surface area contributed by atoms with E-state index in [1.54, 1.807) is 18.7 Å². The zero-order valence-corrected chi connectivity index (χ0v) is 15.5. The molecule has 0 amide bonds. The molecule has 0 aliphatic heterocycles. The zero-order valence-electron chi connectivity index (χ0n) is 14.7. The summed E-state index contributed by atoms with van der Waals surface area (Å²) in [5, 5.41) is 10.2. The van der Waals surface area contributed by atoms with E-state index in [-0.39, 0.29) is 24.4 Å². The molecule has 0 bridgehead atoms. The van der Waals surface area contributed by atoms with Crippen LogP contribution in [0.5, 0.6) is 0 Å². The van der Waals surface area contributed by atoms with Gasteiger partial charge in [0.05, 0.1) is 31.7 Å². The second-order valence-corrected chi connectivity index (χ2v) is 6.52. The Morgan fingerprint density at radius 1 is 1.20 bits per heavy atom. The minimum atomic E-state index is -0.778. The van der Waals surface area contributed by atoms with Crippen molar-refractivity contribution in [1.82, 2.24) is 0 Å². The SMILES string of the molecule is CCOC(=O)CCCSC(c1ccccc1)C(O)COCC(=O)OC. The number of thioether (sulfide) groups is 1. The van der Waals surface area contributed by atoms with Crippen molar-refractivity contribution >= 4 is 23.7 Å². The molecule has 1 N–H and O–H groups in total. The molecule has 0 radical (unpaired) electrons. The highest BCUT2D eigenvalue weighted by molar-refractivity contribution is 7.99. The first-order valence-corrected chi connectivity index (χ1v) is 9.28. The summed E-state index contributed by atoms with van der Waals surface area (Å²) in [6.45, 7) is 2.00. The van der Waals surface area contributed by atoms with Gasteiger partial charge in [0.25, 0.3) is 0 Å². The number of hydrogen-bond acceptors (Lipinski definition) is 7. The van der Waals surface area contributed by atoms with Gasteiger partial charge in [0.15, 0.2) is 0 Å². The number of carbonyl (C=O) groups excluding carboxylic acids is 2. The minimum Gasteiger partial charge on any atom is -0.467 e. The summed E-state index contributed by atoms with van der Waals surface area (Å²) in [4.78, 5) is 22.5. The summed E-state index contributed by atoms with van der Waals surface area (Å²) >= 11 is 1.55. The van der Waals surface area contributed by atoms with Crippen LogP contribution in [0.25, 0.3) is 0 Å². The van der Waals surface area contributed by atoms with Crippen molar-refractivity contribution in [3.63, 3.8) is 0 Å². The van der Waals surface area contributed by atoms with Crippen LogP contribution in [0.1, 0.15) is 30.6 Å². The molecule has 2 unspecified atom stereocenters. The van der Waals surface area contributed by atoms with Crippen LogP contribution < -0.4 is 0 Å². The third kappa shape index (κ3) is 8.90. The molecule has 0 fully saturated rings.